The van der Waals surface area contributed by atoms with Gasteiger partial charge >= 0.3 is 0 Å². The Kier molecular flexibility index (Phi) is 7.40. The van der Waals surface area contributed by atoms with Gasteiger partial charge in [0.2, 0.25) is 0 Å². The van der Waals surface area contributed by atoms with Gasteiger partial charge in [0.25, 0.3) is 0 Å². The fraction of sp³-hybridized carbons (Fsp3) is 0.188. The van der Waals surface area contributed by atoms with Crippen molar-refractivity contribution < 1.29 is 20.4 Å². The molecule has 4 nitrogen and oxygen atoms in total. The molecule has 0 saturated heterocycles. The predicted octanol–water partition coefficient (Wildman–Crippen LogP) is 4.82. The first-order valence-corrected chi connectivity index (χ1v) is 12.1. The van der Waals surface area contributed by atoms with E-state index in [0.717, 1.165) is 44.5 Å². The number of benzene rings is 4. The summed E-state index contributed by atoms with van der Waals surface area (Å²) in [5, 5.41) is 38.7. The second-order valence-electron chi connectivity index (χ2n) is 8.49. The van der Waals surface area contributed by atoms with Gasteiger partial charge in [-0.3, -0.25) is 0 Å². The van der Waals surface area contributed by atoms with Crippen LogP contribution in [-0.4, -0.2) is 33.6 Å². The van der Waals surface area contributed by atoms with Crippen LogP contribution in [0.4, 0.5) is 0 Å². The molecule has 4 N–H and O–H groups in total. The van der Waals surface area contributed by atoms with Crippen LogP contribution in [-0.2, 0) is 11.2 Å². The molecule has 182 valence electrons. The third-order valence-electron chi connectivity index (χ3n) is 6.27. The minimum absolute atomic E-state index is 0.250. The van der Waals surface area contributed by atoms with Crippen LogP contribution >= 0.6 is 0 Å². The zero-order chi connectivity index (χ0) is 25.8. The molecule has 0 saturated carbocycles. The Morgan fingerprint density at radius 1 is 0.472 bits per heavy atom. The third-order valence-corrected chi connectivity index (χ3v) is 6.27. The molecule has 0 radical (unpaired) electrons. The summed E-state index contributed by atoms with van der Waals surface area (Å²) in [7, 11) is 0. The summed E-state index contributed by atoms with van der Waals surface area (Å²) >= 11 is 0. The smallest absolute Gasteiger partial charge is 0.178 e. The lowest BCUT2D eigenvalue weighted by Gasteiger charge is -2.23. The van der Waals surface area contributed by atoms with E-state index in [1.54, 1.807) is 13.8 Å². The molecule has 0 aliphatic heterocycles. The van der Waals surface area contributed by atoms with Crippen molar-refractivity contribution >= 4 is 0 Å². The summed E-state index contributed by atoms with van der Waals surface area (Å²) in [4.78, 5) is 0. The van der Waals surface area contributed by atoms with Crippen molar-refractivity contribution in [2.24, 2.45) is 0 Å². The van der Waals surface area contributed by atoms with E-state index in [0.29, 0.717) is 0 Å². The quantitative estimate of drug-likeness (QED) is 0.273. The minimum atomic E-state index is -1.48. The fourth-order valence-corrected chi connectivity index (χ4v) is 4.87. The molecule has 2 aliphatic rings. The molecule has 2 aliphatic carbocycles. The van der Waals surface area contributed by atoms with E-state index in [1.165, 1.54) is 0 Å². The summed E-state index contributed by atoms with van der Waals surface area (Å²) in [6.45, 7) is 3.86. The van der Waals surface area contributed by atoms with E-state index in [-0.39, 0.29) is 13.2 Å². The number of rotatable bonds is 0. The summed E-state index contributed by atoms with van der Waals surface area (Å²) in [5.41, 5.74) is 3.96. The van der Waals surface area contributed by atoms with Gasteiger partial charge in [-0.2, -0.15) is 0 Å². The molecule has 0 bridgehead atoms. The van der Waals surface area contributed by atoms with Gasteiger partial charge in [-0.25, -0.2) is 0 Å². The highest BCUT2D eigenvalue weighted by atomic mass is 16.3. The van der Waals surface area contributed by atoms with E-state index >= 15 is 0 Å². The first kappa shape index (κ1) is 25.4. The van der Waals surface area contributed by atoms with Crippen LogP contribution in [0.5, 0.6) is 0 Å². The van der Waals surface area contributed by atoms with Crippen LogP contribution in [0.2, 0.25) is 0 Å². The first-order chi connectivity index (χ1) is 17.5. The van der Waals surface area contributed by atoms with Gasteiger partial charge in [-0.05, 0) is 36.1 Å². The maximum atomic E-state index is 11.8. The largest absolute Gasteiger partial charge is 0.397 e. The Balaban J connectivity index is 0.000000464. The number of hydrogen-bond donors (Lipinski definition) is 4. The number of aliphatic hydroxyl groups excluding tert-OH is 2. The molecule has 0 atom stereocenters. The van der Waals surface area contributed by atoms with Gasteiger partial charge in [0, 0.05) is 35.5 Å². The first-order valence-electron chi connectivity index (χ1n) is 12.1. The standard InChI is InChI=1S/C28H18O2.2C2H6O/c29-27(23-13-5-1-9-19(23)20-10-2-6-14-24(20)27)17-18-28(30)25-15-7-3-11-21(25)22-12-4-8-16-26(22)28;2*1-2-3/h1-16,29-30H;2*3H,2H2,1H3. The number of hydrogen-bond acceptors (Lipinski definition) is 4. The van der Waals surface area contributed by atoms with Crippen molar-refractivity contribution in [3.63, 3.8) is 0 Å². The SMILES string of the molecule is CCO.CCO.OC1(C#CC2(O)c3ccccc3-c3ccccc32)c2ccccc2-c2ccccc21. The van der Waals surface area contributed by atoms with E-state index in [4.69, 9.17) is 10.2 Å². The molecule has 4 aromatic rings. The second-order valence-corrected chi connectivity index (χ2v) is 8.49. The maximum absolute atomic E-state index is 11.8. The fourth-order valence-electron chi connectivity index (χ4n) is 4.87. The lowest BCUT2D eigenvalue weighted by molar-refractivity contribution is 0.138. The van der Waals surface area contributed by atoms with Gasteiger partial charge in [0.05, 0.1) is 0 Å². The second kappa shape index (κ2) is 10.5. The molecule has 36 heavy (non-hydrogen) atoms. The van der Waals surface area contributed by atoms with Gasteiger partial charge in [0.15, 0.2) is 11.2 Å². The maximum Gasteiger partial charge on any atom is 0.178 e. The lowest BCUT2D eigenvalue weighted by atomic mass is 9.87. The molecule has 0 amide bonds. The van der Waals surface area contributed by atoms with E-state index < -0.39 is 11.2 Å². The van der Waals surface area contributed by atoms with Crippen molar-refractivity contribution in [3.05, 3.63) is 119 Å². The zero-order valence-corrected chi connectivity index (χ0v) is 20.4. The van der Waals surface area contributed by atoms with Crippen LogP contribution in [0, 0.1) is 11.8 Å². The van der Waals surface area contributed by atoms with Crippen LogP contribution < -0.4 is 0 Å². The van der Waals surface area contributed by atoms with Gasteiger partial charge in [-0.15, -0.1) is 0 Å². The van der Waals surface area contributed by atoms with Crippen LogP contribution in [0.15, 0.2) is 97.1 Å². The predicted molar refractivity (Wildman–Crippen MR) is 143 cm³/mol. The zero-order valence-electron chi connectivity index (χ0n) is 20.4. The van der Waals surface area contributed by atoms with Crippen LogP contribution in [0.1, 0.15) is 36.1 Å². The number of aliphatic hydroxyl groups is 4. The molecule has 4 aromatic carbocycles. The van der Waals surface area contributed by atoms with Crippen molar-refractivity contribution in [2.45, 2.75) is 25.0 Å². The topological polar surface area (TPSA) is 80.9 Å². The average molecular weight is 479 g/mol. The number of fused-ring (bicyclic) bond motifs is 6. The minimum Gasteiger partial charge on any atom is -0.397 e. The molecule has 0 aromatic heterocycles. The highest BCUT2D eigenvalue weighted by Crippen LogP contribution is 2.49. The molecule has 0 fully saturated rings. The molecule has 0 spiro atoms. The highest BCUT2D eigenvalue weighted by Gasteiger charge is 2.43. The van der Waals surface area contributed by atoms with Crippen molar-refractivity contribution in [2.75, 3.05) is 13.2 Å². The van der Waals surface area contributed by atoms with Crippen molar-refractivity contribution in [3.8, 4) is 34.1 Å². The summed E-state index contributed by atoms with van der Waals surface area (Å²) in [6, 6.07) is 31.1. The summed E-state index contributed by atoms with van der Waals surface area (Å²) in [5.74, 6) is 6.18. The molecular formula is C32H30O4. The van der Waals surface area contributed by atoms with E-state index in [9.17, 15) is 10.2 Å². The summed E-state index contributed by atoms with van der Waals surface area (Å²) < 4.78 is 0. The molecular weight excluding hydrogens is 448 g/mol. The normalized spacial score (nSPS) is 14.3. The van der Waals surface area contributed by atoms with Gasteiger partial charge in [-0.1, -0.05) is 109 Å². The average Bonchev–Trinajstić information content (AvgIpc) is 3.32. The Hall–Kier alpha value is -3.72. The summed E-state index contributed by atoms with van der Waals surface area (Å²) in [6.07, 6.45) is 0. The molecule has 0 unspecified atom stereocenters. The van der Waals surface area contributed by atoms with E-state index in [2.05, 4.69) is 11.8 Å². The molecule has 4 heteroatoms. The van der Waals surface area contributed by atoms with E-state index in [1.807, 2.05) is 97.1 Å². The van der Waals surface area contributed by atoms with Crippen LogP contribution in [0.25, 0.3) is 22.3 Å². The van der Waals surface area contributed by atoms with Crippen LogP contribution in [0.3, 0.4) is 0 Å². The van der Waals surface area contributed by atoms with Crippen molar-refractivity contribution in [1.29, 1.82) is 0 Å². The molecule has 0 heterocycles. The Morgan fingerprint density at radius 2 is 0.667 bits per heavy atom. The Bertz CT molecular complexity index is 1230. The van der Waals surface area contributed by atoms with Crippen molar-refractivity contribution in [1.82, 2.24) is 0 Å². The monoisotopic (exact) mass is 478 g/mol. The van der Waals surface area contributed by atoms with Gasteiger partial charge in [0.1, 0.15) is 0 Å². The highest BCUT2D eigenvalue weighted by molar-refractivity contribution is 5.84. The lowest BCUT2D eigenvalue weighted by Crippen LogP contribution is -2.26. The Labute approximate surface area is 212 Å². The third kappa shape index (κ3) is 4.13. The Morgan fingerprint density at radius 3 is 0.889 bits per heavy atom. The molecule has 6 rings (SSSR count). The van der Waals surface area contributed by atoms with Gasteiger partial charge < -0.3 is 20.4 Å².